The summed E-state index contributed by atoms with van der Waals surface area (Å²) in [5.41, 5.74) is 9.27. The highest BCUT2D eigenvalue weighted by molar-refractivity contribution is 5.35. The quantitative estimate of drug-likeness (QED) is 0.762. The van der Waals surface area contributed by atoms with Gasteiger partial charge in [0, 0.05) is 6.04 Å². The first-order valence-electron chi connectivity index (χ1n) is 4.54. The van der Waals surface area contributed by atoms with E-state index in [0.29, 0.717) is 6.42 Å². The zero-order valence-electron chi connectivity index (χ0n) is 8.18. The average molecular weight is 181 g/mol. The summed E-state index contributed by atoms with van der Waals surface area (Å²) < 4.78 is 12.1. The summed E-state index contributed by atoms with van der Waals surface area (Å²) in [6.45, 7) is 3.68. The first-order chi connectivity index (χ1) is 6.16. The molecule has 72 valence electrons. The summed E-state index contributed by atoms with van der Waals surface area (Å²) in [7, 11) is 0. The molecule has 0 saturated carbocycles. The molecule has 0 aromatic heterocycles. The molecular formula is C11H16FN. The van der Waals surface area contributed by atoms with Gasteiger partial charge in [-0.1, -0.05) is 18.2 Å². The Labute approximate surface area is 78.8 Å². The van der Waals surface area contributed by atoms with Gasteiger partial charge in [0.2, 0.25) is 0 Å². The predicted octanol–water partition coefficient (Wildman–Crippen LogP) is 2.66. The summed E-state index contributed by atoms with van der Waals surface area (Å²) in [6, 6.07) is 5.86. The Morgan fingerprint density at radius 3 is 2.31 bits per heavy atom. The first kappa shape index (κ1) is 10.2. The largest absolute Gasteiger partial charge is 0.324 e. The minimum atomic E-state index is -0.352. The van der Waals surface area contributed by atoms with Crippen LogP contribution in [0, 0.1) is 13.8 Å². The van der Waals surface area contributed by atoms with Crippen LogP contribution in [0.15, 0.2) is 18.2 Å². The van der Waals surface area contributed by atoms with E-state index in [-0.39, 0.29) is 12.7 Å². The normalized spacial score (nSPS) is 12.9. The van der Waals surface area contributed by atoms with Crippen LogP contribution in [-0.2, 0) is 0 Å². The fourth-order valence-electron chi connectivity index (χ4n) is 1.67. The lowest BCUT2D eigenvalue weighted by Crippen LogP contribution is -2.13. The molecule has 2 heteroatoms. The molecule has 1 aromatic carbocycles. The summed E-state index contributed by atoms with van der Waals surface area (Å²) in [4.78, 5) is 0. The van der Waals surface area contributed by atoms with E-state index in [4.69, 9.17) is 5.73 Å². The van der Waals surface area contributed by atoms with Crippen LogP contribution in [-0.4, -0.2) is 6.67 Å². The molecule has 0 amide bonds. The van der Waals surface area contributed by atoms with Crippen molar-refractivity contribution >= 4 is 0 Å². The summed E-state index contributed by atoms with van der Waals surface area (Å²) in [6.07, 6.45) is 0.408. The van der Waals surface area contributed by atoms with E-state index in [1.165, 1.54) is 0 Å². The Hall–Kier alpha value is -0.890. The van der Waals surface area contributed by atoms with Gasteiger partial charge >= 0.3 is 0 Å². The van der Waals surface area contributed by atoms with Gasteiger partial charge in [0.1, 0.15) is 0 Å². The average Bonchev–Trinajstić information content (AvgIpc) is 2.04. The Kier molecular flexibility index (Phi) is 3.43. The highest BCUT2D eigenvalue weighted by Crippen LogP contribution is 2.22. The number of halogens is 1. The number of alkyl halides is 1. The van der Waals surface area contributed by atoms with Gasteiger partial charge in [0.15, 0.2) is 0 Å². The van der Waals surface area contributed by atoms with Crippen molar-refractivity contribution in [3.63, 3.8) is 0 Å². The van der Waals surface area contributed by atoms with Crippen molar-refractivity contribution in [2.45, 2.75) is 26.3 Å². The van der Waals surface area contributed by atoms with Gasteiger partial charge in [-0.25, -0.2) is 0 Å². The van der Waals surface area contributed by atoms with Gasteiger partial charge in [0.05, 0.1) is 6.67 Å². The fourth-order valence-corrected chi connectivity index (χ4v) is 1.67. The Bertz CT molecular complexity index is 263. The van der Waals surface area contributed by atoms with Crippen LogP contribution < -0.4 is 5.73 Å². The topological polar surface area (TPSA) is 26.0 Å². The number of hydrogen-bond acceptors (Lipinski definition) is 1. The molecule has 1 aromatic rings. The van der Waals surface area contributed by atoms with E-state index >= 15 is 0 Å². The van der Waals surface area contributed by atoms with E-state index < -0.39 is 0 Å². The zero-order valence-corrected chi connectivity index (χ0v) is 8.18. The van der Waals surface area contributed by atoms with Crippen molar-refractivity contribution < 1.29 is 4.39 Å². The Morgan fingerprint density at radius 1 is 1.31 bits per heavy atom. The molecule has 0 aliphatic rings. The number of hydrogen-bond donors (Lipinski definition) is 1. The van der Waals surface area contributed by atoms with Crippen LogP contribution in [0.5, 0.6) is 0 Å². The number of nitrogens with two attached hydrogens (primary N) is 1. The third-order valence-electron chi connectivity index (χ3n) is 2.33. The zero-order chi connectivity index (χ0) is 9.84. The van der Waals surface area contributed by atoms with Crippen molar-refractivity contribution in [3.05, 3.63) is 34.9 Å². The van der Waals surface area contributed by atoms with E-state index in [1.807, 2.05) is 32.0 Å². The van der Waals surface area contributed by atoms with Crippen molar-refractivity contribution in [2.24, 2.45) is 5.73 Å². The van der Waals surface area contributed by atoms with Crippen molar-refractivity contribution in [1.29, 1.82) is 0 Å². The molecule has 1 atom stereocenters. The molecular weight excluding hydrogens is 165 g/mol. The standard InChI is InChI=1S/C11H16FN/c1-8-4-3-5-9(2)11(8)10(13)6-7-12/h3-5,10H,6-7,13H2,1-2H3/t10-/m0/s1. The van der Waals surface area contributed by atoms with Crippen molar-refractivity contribution in [3.8, 4) is 0 Å². The van der Waals surface area contributed by atoms with Crippen LogP contribution in [0.4, 0.5) is 4.39 Å². The smallest absolute Gasteiger partial charge is 0.0912 e. The Morgan fingerprint density at radius 2 is 1.85 bits per heavy atom. The fraction of sp³-hybridized carbons (Fsp3) is 0.455. The molecule has 1 nitrogen and oxygen atoms in total. The maximum absolute atomic E-state index is 12.1. The third kappa shape index (κ3) is 2.28. The SMILES string of the molecule is Cc1cccc(C)c1[C@@H](N)CCF. The van der Waals surface area contributed by atoms with E-state index in [1.54, 1.807) is 0 Å². The summed E-state index contributed by atoms with van der Waals surface area (Å²) >= 11 is 0. The minimum absolute atomic E-state index is 0.161. The van der Waals surface area contributed by atoms with Crippen LogP contribution in [0.2, 0.25) is 0 Å². The summed E-state index contributed by atoms with van der Waals surface area (Å²) in [5.74, 6) is 0. The van der Waals surface area contributed by atoms with Crippen LogP contribution in [0.3, 0.4) is 0 Å². The molecule has 1 rings (SSSR count). The van der Waals surface area contributed by atoms with E-state index in [0.717, 1.165) is 16.7 Å². The van der Waals surface area contributed by atoms with E-state index in [2.05, 4.69) is 0 Å². The monoisotopic (exact) mass is 181 g/mol. The number of benzene rings is 1. The number of aryl methyl sites for hydroxylation is 2. The second kappa shape index (κ2) is 4.38. The van der Waals surface area contributed by atoms with Gasteiger partial charge in [-0.05, 0) is 37.0 Å². The molecule has 2 N–H and O–H groups in total. The highest BCUT2D eigenvalue weighted by atomic mass is 19.1. The summed E-state index contributed by atoms with van der Waals surface area (Å²) in [5, 5.41) is 0. The van der Waals surface area contributed by atoms with Crippen molar-refractivity contribution in [2.75, 3.05) is 6.67 Å². The lowest BCUT2D eigenvalue weighted by molar-refractivity contribution is 0.441. The molecule has 0 fully saturated rings. The first-order valence-corrected chi connectivity index (χ1v) is 4.54. The lowest BCUT2D eigenvalue weighted by atomic mass is 9.95. The number of rotatable bonds is 3. The van der Waals surface area contributed by atoms with Crippen LogP contribution in [0.25, 0.3) is 0 Å². The molecule has 0 aliphatic heterocycles. The molecule has 13 heavy (non-hydrogen) atoms. The van der Waals surface area contributed by atoms with Gasteiger partial charge < -0.3 is 5.73 Å². The lowest BCUT2D eigenvalue weighted by Gasteiger charge is -2.15. The maximum atomic E-state index is 12.1. The molecule has 0 aliphatic carbocycles. The predicted molar refractivity (Wildman–Crippen MR) is 53.4 cm³/mol. The molecule has 0 heterocycles. The second-order valence-corrected chi connectivity index (χ2v) is 3.39. The second-order valence-electron chi connectivity index (χ2n) is 3.39. The molecule has 0 saturated heterocycles. The molecule has 0 spiro atoms. The van der Waals surface area contributed by atoms with Gasteiger partial charge in [0.25, 0.3) is 0 Å². The van der Waals surface area contributed by atoms with Gasteiger partial charge in [-0.15, -0.1) is 0 Å². The van der Waals surface area contributed by atoms with Crippen molar-refractivity contribution in [1.82, 2.24) is 0 Å². The minimum Gasteiger partial charge on any atom is -0.324 e. The van der Waals surface area contributed by atoms with Crippen LogP contribution in [0.1, 0.15) is 29.2 Å². The third-order valence-corrected chi connectivity index (χ3v) is 2.33. The highest BCUT2D eigenvalue weighted by Gasteiger charge is 2.10. The molecule has 0 bridgehead atoms. The van der Waals surface area contributed by atoms with Gasteiger partial charge in [-0.3, -0.25) is 4.39 Å². The van der Waals surface area contributed by atoms with Gasteiger partial charge in [-0.2, -0.15) is 0 Å². The molecule has 0 radical (unpaired) electrons. The molecule has 0 unspecified atom stereocenters. The van der Waals surface area contributed by atoms with E-state index in [9.17, 15) is 4.39 Å². The maximum Gasteiger partial charge on any atom is 0.0912 e. The Balaban J connectivity index is 2.98. The van der Waals surface area contributed by atoms with Crippen LogP contribution >= 0.6 is 0 Å².